The fraction of sp³-hybridized carbons (Fsp3) is 0.300. The van der Waals surface area contributed by atoms with Crippen molar-refractivity contribution in [3.05, 3.63) is 69.9 Å². The number of nitrogens with zero attached hydrogens (tertiary/aromatic N) is 1. The molecule has 1 fully saturated rings. The minimum absolute atomic E-state index is 0.00793. The number of hydrogen-bond donors (Lipinski definition) is 1. The summed E-state index contributed by atoms with van der Waals surface area (Å²) in [6.07, 6.45) is 1.69. The van der Waals surface area contributed by atoms with Gasteiger partial charge in [0.2, 0.25) is 5.91 Å². The van der Waals surface area contributed by atoms with Gasteiger partial charge < -0.3 is 10.2 Å². The van der Waals surface area contributed by atoms with Crippen LogP contribution in [0.15, 0.2) is 53.0 Å². The van der Waals surface area contributed by atoms with E-state index in [1.165, 1.54) is 12.1 Å². The summed E-state index contributed by atoms with van der Waals surface area (Å²) < 4.78 is 13.7. The lowest BCUT2D eigenvalue weighted by Crippen LogP contribution is -2.47. The number of likely N-dealkylation sites (tertiary alicyclic amines) is 1. The molecule has 0 radical (unpaired) electrons. The van der Waals surface area contributed by atoms with E-state index in [4.69, 9.17) is 0 Å². The zero-order valence-electron chi connectivity index (χ0n) is 14.3. The molecule has 1 aliphatic heterocycles. The van der Waals surface area contributed by atoms with E-state index in [0.29, 0.717) is 18.7 Å². The van der Waals surface area contributed by atoms with Crippen LogP contribution in [0.5, 0.6) is 0 Å². The third kappa shape index (κ3) is 4.69. The van der Waals surface area contributed by atoms with Crippen LogP contribution in [0.2, 0.25) is 0 Å². The number of piperidine rings is 1. The van der Waals surface area contributed by atoms with E-state index >= 15 is 0 Å². The lowest BCUT2D eigenvalue weighted by molar-refractivity contribution is -0.121. The molecule has 0 spiro atoms. The van der Waals surface area contributed by atoms with Crippen LogP contribution in [0.4, 0.5) is 4.39 Å². The molecule has 3 rings (SSSR count). The van der Waals surface area contributed by atoms with E-state index in [9.17, 15) is 14.0 Å². The van der Waals surface area contributed by atoms with Gasteiger partial charge in [0, 0.05) is 23.6 Å². The third-order valence-corrected chi connectivity index (χ3v) is 5.22. The molecular weight excluding hydrogens is 399 g/mol. The van der Waals surface area contributed by atoms with Gasteiger partial charge in [0.05, 0.1) is 12.0 Å². The summed E-state index contributed by atoms with van der Waals surface area (Å²) in [6, 6.07) is 13.4. The van der Waals surface area contributed by atoms with Crippen molar-refractivity contribution in [2.24, 2.45) is 0 Å². The SMILES string of the molecule is O=C(Cc1ccc(F)cc1)NC1CCN(C(=O)c2ccccc2Br)CC1. The molecule has 1 heterocycles. The molecule has 1 N–H and O–H groups in total. The summed E-state index contributed by atoms with van der Waals surface area (Å²) in [5.74, 6) is -0.378. The third-order valence-electron chi connectivity index (χ3n) is 4.53. The summed E-state index contributed by atoms with van der Waals surface area (Å²) in [7, 11) is 0. The second-order valence-electron chi connectivity index (χ2n) is 6.42. The number of amides is 2. The van der Waals surface area contributed by atoms with Crippen molar-refractivity contribution in [1.82, 2.24) is 10.2 Å². The highest BCUT2D eigenvalue weighted by Gasteiger charge is 2.25. The van der Waals surface area contributed by atoms with Crippen molar-refractivity contribution in [3.8, 4) is 0 Å². The van der Waals surface area contributed by atoms with Crippen molar-refractivity contribution in [3.63, 3.8) is 0 Å². The first-order chi connectivity index (χ1) is 12.5. The highest BCUT2D eigenvalue weighted by molar-refractivity contribution is 9.10. The van der Waals surface area contributed by atoms with Gasteiger partial charge in [0.1, 0.15) is 5.82 Å². The van der Waals surface area contributed by atoms with Gasteiger partial charge in [0.15, 0.2) is 0 Å². The molecule has 0 unspecified atom stereocenters. The number of carbonyl (C=O) groups is 2. The van der Waals surface area contributed by atoms with E-state index < -0.39 is 0 Å². The second-order valence-corrected chi connectivity index (χ2v) is 7.27. The molecule has 1 saturated heterocycles. The molecule has 2 amide bonds. The molecule has 0 saturated carbocycles. The quantitative estimate of drug-likeness (QED) is 0.824. The van der Waals surface area contributed by atoms with E-state index in [1.807, 2.05) is 29.2 Å². The maximum absolute atomic E-state index is 12.9. The molecular formula is C20H20BrFN2O2. The Hall–Kier alpha value is -2.21. The number of halogens is 2. The number of benzene rings is 2. The Morgan fingerprint density at radius 2 is 1.73 bits per heavy atom. The van der Waals surface area contributed by atoms with Crippen LogP contribution < -0.4 is 5.32 Å². The van der Waals surface area contributed by atoms with Gasteiger partial charge in [-0.1, -0.05) is 24.3 Å². The first-order valence-electron chi connectivity index (χ1n) is 8.60. The normalized spacial score (nSPS) is 14.9. The number of hydrogen-bond acceptors (Lipinski definition) is 2. The first-order valence-corrected chi connectivity index (χ1v) is 9.40. The Kier molecular flexibility index (Phi) is 6.04. The fourth-order valence-electron chi connectivity index (χ4n) is 3.10. The van der Waals surface area contributed by atoms with Gasteiger partial charge in [-0.3, -0.25) is 9.59 Å². The van der Waals surface area contributed by atoms with E-state index in [2.05, 4.69) is 21.2 Å². The smallest absolute Gasteiger partial charge is 0.254 e. The van der Waals surface area contributed by atoms with Gasteiger partial charge in [-0.15, -0.1) is 0 Å². The van der Waals surface area contributed by atoms with Crippen molar-refractivity contribution in [2.75, 3.05) is 13.1 Å². The van der Waals surface area contributed by atoms with Crippen molar-refractivity contribution in [2.45, 2.75) is 25.3 Å². The van der Waals surface area contributed by atoms with Crippen molar-refractivity contribution >= 4 is 27.7 Å². The molecule has 6 heteroatoms. The molecule has 0 aliphatic carbocycles. The maximum Gasteiger partial charge on any atom is 0.254 e. The van der Waals surface area contributed by atoms with E-state index in [1.54, 1.807) is 12.1 Å². The monoisotopic (exact) mass is 418 g/mol. The summed E-state index contributed by atoms with van der Waals surface area (Å²) in [5, 5.41) is 3.01. The van der Waals surface area contributed by atoms with Crippen LogP contribution in [0.25, 0.3) is 0 Å². The Balaban J connectivity index is 1.49. The van der Waals surface area contributed by atoms with Gasteiger partial charge >= 0.3 is 0 Å². The first kappa shape index (κ1) is 18.6. The van der Waals surface area contributed by atoms with Crippen LogP contribution in [-0.4, -0.2) is 35.8 Å². The Morgan fingerprint density at radius 1 is 1.08 bits per heavy atom. The zero-order chi connectivity index (χ0) is 18.5. The molecule has 2 aromatic carbocycles. The Morgan fingerprint density at radius 3 is 2.38 bits per heavy atom. The number of carbonyl (C=O) groups excluding carboxylic acids is 2. The van der Waals surface area contributed by atoms with Gasteiger partial charge in [-0.2, -0.15) is 0 Å². The average Bonchev–Trinajstić information content (AvgIpc) is 2.64. The summed E-state index contributed by atoms with van der Waals surface area (Å²) in [4.78, 5) is 26.6. The van der Waals surface area contributed by atoms with Crippen LogP contribution in [-0.2, 0) is 11.2 Å². The lowest BCUT2D eigenvalue weighted by atomic mass is 10.0. The predicted octanol–water partition coefficient (Wildman–Crippen LogP) is 3.55. The van der Waals surface area contributed by atoms with E-state index in [-0.39, 0.29) is 30.1 Å². The van der Waals surface area contributed by atoms with Gasteiger partial charge in [-0.05, 0) is 58.6 Å². The molecule has 0 bridgehead atoms. The molecule has 26 heavy (non-hydrogen) atoms. The molecule has 136 valence electrons. The van der Waals surface area contributed by atoms with Gasteiger partial charge in [-0.25, -0.2) is 4.39 Å². The number of nitrogens with one attached hydrogen (secondary N) is 1. The summed E-state index contributed by atoms with van der Waals surface area (Å²) in [6.45, 7) is 1.23. The van der Waals surface area contributed by atoms with Crippen molar-refractivity contribution in [1.29, 1.82) is 0 Å². The molecule has 4 nitrogen and oxygen atoms in total. The van der Waals surface area contributed by atoms with Crippen LogP contribution in [0.3, 0.4) is 0 Å². The molecule has 1 aliphatic rings. The molecule has 0 atom stereocenters. The Bertz CT molecular complexity index is 787. The lowest BCUT2D eigenvalue weighted by Gasteiger charge is -2.32. The summed E-state index contributed by atoms with van der Waals surface area (Å²) >= 11 is 3.42. The topological polar surface area (TPSA) is 49.4 Å². The summed E-state index contributed by atoms with van der Waals surface area (Å²) in [5.41, 5.74) is 1.44. The van der Waals surface area contributed by atoms with Crippen LogP contribution >= 0.6 is 15.9 Å². The largest absolute Gasteiger partial charge is 0.353 e. The maximum atomic E-state index is 12.9. The van der Waals surface area contributed by atoms with E-state index in [0.717, 1.165) is 22.9 Å². The Labute approximate surface area is 160 Å². The predicted molar refractivity (Wildman–Crippen MR) is 101 cm³/mol. The van der Waals surface area contributed by atoms with Gasteiger partial charge in [0.25, 0.3) is 5.91 Å². The highest BCUT2D eigenvalue weighted by Crippen LogP contribution is 2.20. The second kappa shape index (κ2) is 8.45. The zero-order valence-corrected chi connectivity index (χ0v) is 15.8. The fourth-order valence-corrected chi connectivity index (χ4v) is 3.55. The number of rotatable bonds is 4. The van der Waals surface area contributed by atoms with Crippen LogP contribution in [0, 0.1) is 5.82 Å². The standard InChI is InChI=1S/C20H20BrFN2O2/c21-18-4-2-1-3-17(18)20(26)24-11-9-16(10-12-24)23-19(25)13-14-5-7-15(22)8-6-14/h1-8,16H,9-13H2,(H,23,25). The van der Waals surface area contributed by atoms with Crippen LogP contribution in [0.1, 0.15) is 28.8 Å². The van der Waals surface area contributed by atoms with Crippen molar-refractivity contribution < 1.29 is 14.0 Å². The molecule has 0 aromatic heterocycles. The molecule has 2 aromatic rings. The minimum Gasteiger partial charge on any atom is -0.353 e. The highest BCUT2D eigenvalue weighted by atomic mass is 79.9. The minimum atomic E-state index is -0.309. The average molecular weight is 419 g/mol.